The lowest BCUT2D eigenvalue weighted by Gasteiger charge is -2.29. The predicted molar refractivity (Wildman–Crippen MR) is 101 cm³/mol. The Morgan fingerprint density at radius 1 is 0.963 bits per heavy atom. The summed E-state index contributed by atoms with van der Waals surface area (Å²) < 4.78 is 30.9. The molecule has 0 bridgehead atoms. The standard InChI is InChI=1S/C20H20F2N4O/c21-18(22)15-7-5-14(6-8-15)13-23-19-20(26-9-11-27-12-10-26)25-17-4-2-1-3-16(17)24-19/h1-8,18H,9-13H2,(H,23,24). The predicted octanol–water partition coefficient (Wildman–Crippen LogP) is 4.02. The molecule has 27 heavy (non-hydrogen) atoms. The quantitative estimate of drug-likeness (QED) is 0.735. The van der Waals surface area contributed by atoms with Gasteiger partial charge in [0.2, 0.25) is 0 Å². The minimum atomic E-state index is -2.45. The first-order chi connectivity index (χ1) is 13.2. The fourth-order valence-corrected chi connectivity index (χ4v) is 3.07. The first-order valence-electron chi connectivity index (χ1n) is 8.91. The van der Waals surface area contributed by atoms with Crippen molar-refractivity contribution in [3.05, 3.63) is 59.7 Å². The summed E-state index contributed by atoms with van der Waals surface area (Å²) in [5.41, 5.74) is 2.58. The molecule has 2 heterocycles. The number of hydrogen-bond donors (Lipinski definition) is 1. The van der Waals surface area contributed by atoms with Crippen molar-refractivity contribution in [2.24, 2.45) is 0 Å². The molecule has 1 aliphatic heterocycles. The number of halogens is 2. The lowest BCUT2D eigenvalue weighted by molar-refractivity contribution is 0.122. The third-order valence-corrected chi connectivity index (χ3v) is 4.55. The molecule has 0 amide bonds. The molecule has 1 aliphatic rings. The molecule has 0 unspecified atom stereocenters. The monoisotopic (exact) mass is 370 g/mol. The summed E-state index contributed by atoms with van der Waals surface area (Å²) in [7, 11) is 0. The molecule has 0 aliphatic carbocycles. The van der Waals surface area contributed by atoms with E-state index >= 15 is 0 Å². The molecule has 7 heteroatoms. The molecular formula is C20H20F2N4O. The molecular weight excluding hydrogens is 350 g/mol. The third-order valence-electron chi connectivity index (χ3n) is 4.55. The molecule has 0 radical (unpaired) electrons. The Morgan fingerprint density at radius 3 is 2.30 bits per heavy atom. The van der Waals surface area contributed by atoms with Crippen LogP contribution < -0.4 is 10.2 Å². The largest absolute Gasteiger partial charge is 0.378 e. The molecule has 1 aromatic heterocycles. The zero-order chi connectivity index (χ0) is 18.6. The SMILES string of the molecule is FC(F)c1ccc(CNc2nc3ccccc3nc2N2CCOCC2)cc1. The average Bonchev–Trinajstić information content (AvgIpc) is 2.72. The summed E-state index contributed by atoms with van der Waals surface area (Å²) in [6.07, 6.45) is -2.45. The number of rotatable bonds is 5. The zero-order valence-corrected chi connectivity index (χ0v) is 14.7. The minimum Gasteiger partial charge on any atom is -0.378 e. The van der Waals surface area contributed by atoms with Crippen molar-refractivity contribution in [2.45, 2.75) is 13.0 Å². The van der Waals surface area contributed by atoms with Crippen LogP contribution in [0.5, 0.6) is 0 Å². The number of morpholine rings is 1. The molecule has 4 rings (SSSR count). The normalized spacial score (nSPS) is 14.7. The Balaban J connectivity index is 1.60. The van der Waals surface area contributed by atoms with Gasteiger partial charge in [0.25, 0.3) is 6.43 Å². The van der Waals surface area contributed by atoms with Crippen LogP contribution >= 0.6 is 0 Å². The van der Waals surface area contributed by atoms with E-state index in [2.05, 4.69) is 10.2 Å². The molecule has 5 nitrogen and oxygen atoms in total. The third kappa shape index (κ3) is 3.98. The second-order valence-electron chi connectivity index (χ2n) is 6.38. The highest BCUT2D eigenvalue weighted by molar-refractivity contribution is 5.80. The Hall–Kier alpha value is -2.80. The van der Waals surface area contributed by atoms with E-state index in [-0.39, 0.29) is 5.56 Å². The van der Waals surface area contributed by atoms with E-state index in [0.717, 1.165) is 35.5 Å². The number of ether oxygens (including phenoxy) is 1. The zero-order valence-electron chi connectivity index (χ0n) is 14.7. The average molecular weight is 370 g/mol. The molecule has 3 aromatic rings. The summed E-state index contributed by atoms with van der Waals surface area (Å²) in [6, 6.07) is 14.1. The van der Waals surface area contributed by atoms with Crippen LogP contribution in [0.15, 0.2) is 48.5 Å². The van der Waals surface area contributed by atoms with Gasteiger partial charge in [0.15, 0.2) is 11.6 Å². The number of anilines is 2. The highest BCUT2D eigenvalue weighted by Gasteiger charge is 2.18. The van der Waals surface area contributed by atoms with Gasteiger partial charge in [-0.1, -0.05) is 36.4 Å². The van der Waals surface area contributed by atoms with Gasteiger partial charge in [0.1, 0.15) is 0 Å². The van der Waals surface area contributed by atoms with Crippen molar-refractivity contribution in [3.8, 4) is 0 Å². The van der Waals surface area contributed by atoms with E-state index in [9.17, 15) is 8.78 Å². The number of nitrogens with zero attached hydrogens (tertiary/aromatic N) is 3. The van der Waals surface area contributed by atoms with E-state index in [4.69, 9.17) is 14.7 Å². The van der Waals surface area contributed by atoms with E-state index < -0.39 is 6.43 Å². The van der Waals surface area contributed by atoms with Crippen LogP contribution in [-0.2, 0) is 11.3 Å². The smallest absolute Gasteiger partial charge is 0.263 e. The van der Waals surface area contributed by atoms with Crippen LogP contribution in [0.3, 0.4) is 0 Å². The highest BCUT2D eigenvalue weighted by Crippen LogP contribution is 2.26. The van der Waals surface area contributed by atoms with Gasteiger partial charge in [-0.15, -0.1) is 0 Å². The molecule has 0 spiro atoms. The Kier molecular flexibility index (Phi) is 5.11. The van der Waals surface area contributed by atoms with E-state index in [1.165, 1.54) is 12.1 Å². The van der Waals surface area contributed by atoms with Gasteiger partial charge < -0.3 is 15.0 Å². The first kappa shape index (κ1) is 17.6. The molecule has 140 valence electrons. The van der Waals surface area contributed by atoms with Gasteiger partial charge in [-0.05, 0) is 17.7 Å². The van der Waals surface area contributed by atoms with Crippen LogP contribution in [0, 0.1) is 0 Å². The maximum atomic E-state index is 12.7. The Morgan fingerprint density at radius 2 is 1.63 bits per heavy atom. The number of para-hydroxylation sites is 2. The minimum absolute atomic E-state index is 0.0262. The van der Waals surface area contributed by atoms with Crippen LogP contribution in [0.25, 0.3) is 11.0 Å². The van der Waals surface area contributed by atoms with E-state index in [1.807, 2.05) is 24.3 Å². The number of nitrogens with one attached hydrogen (secondary N) is 1. The van der Waals surface area contributed by atoms with Crippen LogP contribution in [-0.4, -0.2) is 36.3 Å². The van der Waals surface area contributed by atoms with Crippen LogP contribution in [0.2, 0.25) is 0 Å². The van der Waals surface area contributed by atoms with Gasteiger partial charge >= 0.3 is 0 Å². The van der Waals surface area contributed by atoms with Gasteiger partial charge in [-0.25, -0.2) is 18.7 Å². The molecule has 1 N–H and O–H groups in total. The Labute approximate surface area is 156 Å². The molecule has 0 saturated carbocycles. The van der Waals surface area contributed by atoms with Crippen molar-refractivity contribution in [2.75, 3.05) is 36.5 Å². The fraction of sp³-hybridized carbons (Fsp3) is 0.300. The number of benzene rings is 2. The summed E-state index contributed by atoms with van der Waals surface area (Å²) in [5.74, 6) is 1.48. The van der Waals surface area contributed by atoms with Crippen molar-refractivity contribution in [1.29, 1.82) is 0 Å². The van der Waals surface area contributed by atoms with Gasteiger partial charge in [-0.2, -0.15) is 0 Å². The molecule has 1 fully saturated rings. The number of alkyl halides is 2. The summed E-state index contributed by atoms with van der Waals surface area (Å²) in [4.78, 5) is 11.7. The maximum absolute atomic E-state index is 12.7. The van der Waals surface area contributed by atoms with Crippen molar-refractivity contribution in [3.63, 3.8) is 0 Å². The van der Waals surface area contributed by atoms with Gasteiger partial charge in [0, 0.05) is 25.2 Å². The van der Waals surface area contributed by atoms with E-state index in [1.54, 1.807) is 12.1 Å². The topological polar surface area (TPSA) is 50.3 Å². The molecule has 0 atom stereocenters. The molecule has 1 saturated heterocycles. The van der Waals surface area contributed by atoms with Gasteiger partial charge in [0.05, 0.1) is 24.2 Å². The summed E-state index contributed by atoms with van der Waals surface area (Å²) in [5, 5.41) is 3.32. The maximum Gasteiger partial charge on any atom is 0.263 e. The highest BCUT2D eigenvalue weighted by atomic mass is 19.3. The van der Waals surface area contributed by atoms with Crippen LogP contribution in [0.4, 0.5) is 20.4 Å². The molecule has 2 aromatic carbocycles. The number of hydrogen-bond acceptors (Lipinski definition) is 5. The summed E-state index contributed by atoms with van der Waals surface area (Å²) >= 11 is 0. The Bertz CT molecular complexity index is 912. The number of aromatic nitrogens is 2. The lowest BCUT2D eigenvalue weighted by Crippen LogP contribution is -2.37. The first-order valence-corrected chi connectivity index (χ1v) is 8.91. The summed E-state index contributed by atoms with van der Waals surface area (Å²) in [6.45, 7) is 3.30. The second-order valence-corrected chi connectivity index (χ2v) is 6.38. The van der Waals surface area contributed by atoms with Crippen molar-refractivity contribution < 1.29 is 13.5 Å². The fourth-order valence-electron chi connectivity index (χ4n) is 3.07. The van der Waals surface area contributed by atoms with Crippen molar-refractivity contribution in [1.82, 2.24) is 9.97 Å². The van der Waals surface area contributed by atoms with Crippen LogP contribution in [0.1, 0.15) is 17.6 Å². The van der Waals surface area contributed by atoms with E-state index in [0.29, 0.717) is 25.6 Å². The lowest BCUT2D eigenvalue weighted by atomic mass is 10.1. The second kappa shape index (κ2) is 7.84. The number of fused-ring (bicyclic) bond motifs is 1. The van der Waals surface area contributed by atoms with Gasteiger partial charge in [-0.3, -0.25) is 0 Å². The van der Waals surface area contributed by atoms with Crippen molar-refractivity contribution >= 4 is 22.7 Å².